The summed E-state index contributed by atoms with van der Waals surface area (Å²) in [5.74, 6) is -0.0222. The second-order valence-corrected chi connectivity index (χ2v) is 5.91. The number of halogens is 1. The maximum absolute atomic E-state index is 12.8. The van der Waals surface area contributed by atoms with Crippen molar-refractivity contribution in [2.75, 3.05) is 0 Å². The molecule has 1 unspecified atom stereocenters. The van der Waals surface area contributed by atoms with Gasteiger partial charge in [-0.3, -0.25) is 10.1 Å². The summed E-state index contributed by atoms with van der Waals surface area (Å²) in [4.78, 5) is 12.8. The maximum Gasteiger partial charge on any atom is 0.242 e. The number of hydrogen-bond donors (Lipinski definition) is 2. The molecule has 0 radical (unpaired) electrons. The van der Waals surface area contributed by atoms with Gasteiger partial charge in [-0.15, -0.1) is 12.4 Å². The van der Waals surface area contributed by atoms with E-state index in [4.69, 9.17) is 0 Å². The van der Waals surface area contributed by atoms with Crippen molar-refractivity contribution in [2.45, 2.75) is 19.1 Å². The van der Waals surface area contributed by atoms with Gasteiger partial charge in [0, 0.05) is 13.1 Å². The van der Waals surface area contributed by atoms with Gasteiger partial charge in [0.1, 0.15) is 6.04 Å². The van der Waals surface area contributed by atoms with Gasteiger partial charge < -0.3 is 5.32 Å². The maximum atomic E-state index is 12.8. The first-order chi connectivity index (χ1) is 12.3. The van der Waals surface area contributed by atoms with E-state index in [2.05, 4.69) is 22.8 Å². The van der Waals surface area contributed by atoms with Crippen LogP contribution in [0.4, 0.5) is 0 Å². The summed E-state index contributed by atoms with van der Waals surface area (Å²) < 4.78 is 0. The summed E-state index contributed by atoms with van der Waals surface area (Å²) in [7, 11) is 0. The molecule has 1 atom stereocenters. The molecule has 4 heteroatoms. The van der Waals surface area contributed by atoms with Crippen molar-refractivity contribution in [3.63, 3.8) is 0 Å². The van der Waals surface area contributed by atoms with E-state index in [1.54, 1.807) is 0 Å². The van der Waals surface area contributed by atoms with E-state index in [9.17, 15) is 4.79 Å². The van der Waals surface area contributed by atoms with Crippen LogP contribution in [0.5, 0.6) is 0 Å². The topological polar surface area (TPSA) is 41.1 Å². The lowest BCUT2D eigenvalue weighted by Crippen LogP contribution is -2.37. The monoisotopic (exact) mass is 366 g/mol. The molecule has 3 aromatic rings. The standard InChI is InChI=1S/C22H22N2O.ClH/c25-22(24-17-19-12-6-2-7-13-19)21(20-14-8-3-9-15-20)23-16-18-10-4-1-5-11-18;/h1-15,21,23H,16-17H2,(H,24,25);1H. The third kappa shape index (κ3) is 5.73. The predicted molar refractivity (Wildman–Crippen MR) is 108 cm³/mol. The molecule has 3 aromatic carbocycles. The molecular weight excluding hydrogens is 344 g/mol. The summed E-state index contributed by atoms with van der Waals surface area (Å²) in [6.45, 7) is 1.16. The highest BCUT2D eigenvalue weighted by Crippen LogP contribution is 2.14. The van der Waals surface area contributed by atoms with Crippen LogP contribution in [-0.4, -0.2) is 5.91 Å². The van der Waals surface area contributed by atoms with Crippen LogP contribution in [0.1, 0.15) is 22.7 Å². The SMILES string of the molecule is Cl.O=C(NCc1ccccc1)C(NCc1ccccc1)c1ccccc1. The quantitative estimate of drug-likeness (QED) is 0.656. The van der Waals surface area contributed by atoms with E-state index in [1.807, 2.05) is 78.9 Å². The molecule has 3 rings (SSSR count). The fraction of sp³-hybridized carbons (Fsp3) is 0.136. The highest BCUT2D eigenvalue weighted by molar-refractivity contribution is 5.85. The lowest BCUT2D eigenvalue weighted by molar-refractivity contribution is -0.123. The molecule has 0 fully saturated rings. The van der Waals surface area contributed by atoms with Crippen LogP contribution in [0.25, 0.3) is 0 Å². The Kier molecular flexibility index (Phi) is 7.87. The molecule has 0 heterocycles. The van der Waals surface area contributed by atoms with Gasteiger partial charge >= 0.3 is 0 Å². The summed E-state index contributed by atoms with van der Waals surface area (Å²) >= 11 is 0. The van der Waals surface area contributed by atoms with Gasteiger partial charge in [0.05, 0.1) is 0 Å². The summed E-state index contributed by atoms with van der Waals surface area (Å²) in [6, 6.07) is 29.5. The summed E-state index contributed by atoms with van der Waals surface area (Å²) in [6.07, 6.45) is 0. The third-order valence-corrected chi connectivity index (χ3v) is 4.06. The van der Waals surface area contributed by atoms with Crippen LogP contribution in [0, 0.1) is 0 Å². The highest BCUT2D eigenvalue weighted by Gasteiger charge is 2.19. The molecule has 134 valence electrons. The number of carbonyl (C=O) groups is 1. The van der Waals surface area contributed by atoms with Gasteiger partial charge in [-0.1, -0.05) is 91.0 Å². The molecule has 2 N–H and O–H groups in total. The van der Waals surface area contributed by atoms with Crippen molar-refractivity contribution in [2.24, 2.45) is 0 Å². The summed E-state index contributed by atoms with van der Waals surface area (Å²) in [5, 5.41) is 6.41. The average molecular weight is 367 g/mol. The molecule has 3 nitrogen and oxygen atoms in total. The average Bonchev–Trinajstić information content (AvgIpc) is 2.69. The van der Waals surface area contributed by atoms with Gasteiger partial charge in [-0.2, -0.15) is 0 Å². The largest absolute Gasteiger partial charge is 0.350 e. The van der Waals surface area contributed by atoms with E-state index < -0.39 is 0 Å². The van der Waals surface area contributed by atoms with Crippen LogP contribution in [0.15, 0.2) is 91.0 Å². The van der Waals surface area contributed by atoms with Crippen LogP contribution in [0.2, 0.25) is 0 Å². The van der Waals surface area contributed by atoms with Crippen molar-refractivity contribution in [3.05, 3.63) is 108 Å². The zero-order valence-corrected chi connectivity index (χ0v) is 15.3. The fourth-order valence-electron chi connectivity index (χ4n) is 2.71. The van der Waals surface area contributed by atoms with Crippen molar-refractivity contribution in [3.8, 4) is 0 Å². The summed E-state index contributed by atoms with van der Waals surface area (Å²) in [5.41, 5.74) is 3.20. The third-order valence-electron chi connectivity index (χ3n) is 4.06. The number of amides is 1. The minimum atomic E-state index is -0.384. The van der Waals surface area contributed by atoms with Gasteiger partial charge in [0.2, 0.25) is 5.91 Å². The van der Waals surface area contributed by atoms with Crippen molar-refractivity contribution < 1.29 is 4.79 Å². The molecule has 0 aliphatic heterocycles. The Hall–Kier alpha value is -2.62. The fourth-order valence-corrected chi connectivity index (χ4v) is 2.71. The molecule has 1 amide bonds. The Morgan fingerprint density at radius 1 is 0.692 bits per heavy atom. The van der Waals surface area contributed by atoms with E-state index >= 15 is 0 Å². The normalized spacial score (nSPS) is 11.2. The van der Waals surface area contributed by atoms with Gasteiger partial charge in [0.25, 0.3) is 0 Å². The lowest BCUT2D eigenvalue weighted by atomic mass is 10.1. The molecule has 0 spiro atoms. The Balaban J connectivity index is 0.00000243. The number of rotatable bonds is 7. The van der Waals surface area contributed by atoms with Crippen LogP contribution in [0.3, 0.4) is 0 Å². The zero-order valence-electron chi connectivity index (χ0n) is 14.5. The van der Waals surface area contributed by atoms with Gasteiger partial charge in [-0.25, -0.2) is 0 Å². The Labute approximate surface area is 160 Å². The van der Waals surface area contributed by atoms with E-state index in [0.29, 0.717) is 13.1 Å². The number of hydrogen-bond acceptors (Lipinski definition) is 2. The predicted octanol–water partition coefficient (Wildman–Crippen LogP) is 4.26. The van der Waals surface area contributed by atoms with E-state index in [1.165, 1.54) is 0 Å². The second kappa shape index (κ2) is 10.4. The lowest BCUT2D eigenvalue weighted by Gasteiger charge is -2.19. The molecule has 0 aliphatic rings. The molecule has 26 heavy (non-hydrogen) atoms. The van der Waals surface area contributed by atoms with Crippen LogP contribution in [-0.2, 0) is 17.9 Å². The van der Waals surface area contributed by atoms with Crippen LogP contribution < -0.4 is 10.6 Å². The molecular formula is C22H23ClN2O. The minimum Gasteiger partial charge on any atom is -0.350 e. The molecule has 0 saturated heterocycles. The number of carbonyl (C=O) groups excluding carboxylic acids is 1. The van der Waals surface area contributed by atoms with Crippen LogP contribution >= 0.6 is 12.4 Å². The number of nitrogens with one attached hydrogen (secondary N) is 2. The second-order valence-electron chi connectivity index (χ2n) is 5.91. The Morgan fingerprint density at radius 2 is 1.15 bits per heavy atom. The van der Waals surface area contributed by atoms with Gasteiger partial charge in [0.15, 0.2) is 0 Å². The number of benzene rings is 3. The minimum absolute atomic E-state index is 0. The zero-order chi connectivity index (χ0) is 17.3. The van der Waals surface area contributed by atoms with Crippen molar-refractivity contribution in [1.82, 2.24) is 10.6 Å². The first kappa shape index (κ1) is 19.7. The first-order valence-corrected chi connectivity index (χ1v) is 8.47. The smallest absolute Gasteiger partial charge is 0.242 e. The molecule has 0 bridgehead atoms. The molecule has 0 aromatic heterocycles. The van der Waals surface area contributed by atoms with E-state index in [0.717, 1.165) is 16.7 Å². The Bertz CT molecular complexity index is 779. The Morgan fingerprint density at radius 3 is 1.69 bits per heavy atom. The van der Waals surface area contributed by atoms with Crippen molar-refractivity contribution in [1.29, 1.82) is 0 Å². The molecule has 0 aliphatic carbocycles. The van der Waals surface area contributed by atoms with Gasteiger partial charge in [-0.05, 0) is 16.7 Å². The van der Waals surface area contributed by atoms with Crippen molar-refractivity contribution >= 4 is 18.3 Å². The first-order valence-electron chi connectivity index (χ1n) is 8.47. The van der Waals surface area contributed by atoms with E-state index in [-0.39, 0.29) is 24.4 Å². The molecule has 0 saturated carbocycles. The highest BCUT2D eigenvalue weighted by atomic mass is 35.5.